The van der Waals surface area contributed by atoms with Gasteiger partial charge in [0.05, 0.1) is 24.5 Å². The highest BCUT2D eigenvalue weighted by Crippen LogP contribution is 2.29. The molecule has 3 atom stereocenters. The fourth-order valence-electron chi connectivity index (χ4n) is 2.22. The highest BCUT2D eigenvalue weighted by molar-refractivity contribution is 5.74. The van der Waals surface area contributed by atoms with E-state index in [0.717, 1.165) is 0 Å². The lowest BCUT2D eigenvalue weighted by Crippen LogP contribution is -2.36. The van der Waals surface area contributed by atoms with Crippen LogP contribution in [0.25, 0.3) is 0 Å². The summed E-state index contributed by atoms with van der Waals surface area (Å²) in [6, 6.07) is 8.69. The molecule has 0 fully saturated rings. The van der Waals surface area contributed by atoms with E-state index in [2.05, 4.69) is 0 Å². The zero-order valence-electron chi connectivity index (χ0n) is 11.6. The molecule has 0 saturated carbocycles. The number of carbonyl (C=O) groups is 1. The predicted molar refractivity (Wildman–Crippen MR) is 72.8 cm³/mol. The van der Waals surface area contributed by atoms with Crippen molar-refractivity contribution in [3.8, 4) is 0 Å². The van der Waals surface area contributed by atoms with Crippen LogP contribution in [0, 0.1) is 16.0 Å². The number of aliphatic hydroxyl groups excluding tert-OH is 1. The van der Waals surface area contributed by atoms with E-state index < -0.39 is 35.4 Å². The van der Waals surface area contributed by atoms with Gasteiger partial charge < -0.3 is 9.84 Å². The summed E-state index contributed by atoms with van der Waals surface area (Å²) >= 11 is 0. The number of rotatable bonds is 7. The number of aliphatic hydroxyl groups is 1. The summed E-state index contributed by atoms with van der Waals surface area (Å²) in [6.07, 6.45) is -1.03. The number of esters is 1. The normalized spacial score (nSPS) is 15.2. The van der Waals surface area contributed by atoms with E-state index in [1.54, 1.807) is 37.3 Å². The third kappa shape index (κ3) is 4.31. The van der Waals surface area contributed by atoms with Crippen LogP contribution in [0.3, 0.4) is 0 Å². The summed E-state index contributed by atoms with van der Waals surface area (Å²) in [6.45, 7) is 2.83. The molecule has 0 aliphatic rings. The first-order valence-electron chi connectivity index (χ1n) is 6.48. The fourth-order valence-corrected chi connectivity index (χ4v) is 2.22. The smallest absolute Gasteiger partial charge is 0.312 e. The van der Waals surface area contributed by atoms with Gasteiger partial charge in [0.2, 0.25) is 6.54 Å². The molecule has 1 rings (SSSR count). The summed E-state index contributed by atoms with van der Waals surface area (Å²) in [5.41, 5.74) is 0.642. The summed E-state index contributed by atoms with van der Waals surface area (Å²) in [4.78, 5) is 22.4. The van der Waals surface area contributed by atoms with Gasteiger partial charge in [0.15, 0.2) is 0 Å². The molecule has 0 spiro atoms. The first-order valence-corrected chi connectivity index (χ1v) is 6.48. The quantitative estimate of drug-likeness (QED) is 0.466. The summed E-state index contributed by atoms with van der Waals surface area (Å²) in [7, 11) is 0. The van der Waals surface area contributed by atoms with Crippen molar-refractivity contribution in [1.29, 1.82) is 0 Å². The van der Waals surface area contributed by atoms with Gasteiger partial charge in [-0.25, -0.2) is 0 Å². The van der Waals surface area contributed by atoms with E-state index >= 15 is 0 Å². The highest BCUT2D eigenvalue weighted by Gasteiger charge is 2.37. The largest absolute Gasteiger partial charge is 0.466 e. The summed E-state index contributed by atoms with van der Waals surface area (Å²) in [5.74, 6) is -2.29. The molecule has 0 heterocycles. The molecule has 0 aliphatic carbocycles. The van der Waals surface area contributed by atoms with Crippen molar-refractivity contribution in [2.75, 3.05) is 13.2 Å². The van der Waals surface area contributed by atoms with E-state index in [4.69, 9.17) is 4.74 Å². The molecule has 1 unspecified atom stereocenters. The lowest BCUT2D eigenvalue weighted by Gasteiger charge is -2.25. The predicted octanol–water partition coefficient (Wildman–Crippen LogP) is 1.61. The molecule has 0 saturated heterocycles. The van der Waals surface area contributed by atoms with Crippen LogP contribution in [0.15, 0.2) is 30.3 Å². The number of hydrogen-bond acceptors (Lipinski definition) is 5. The van der Waals surface area contributed by atoms with Gasteiger partial charge >= 0.3 is 5.97 Å². The molecule has 0 radical (unpaired) electrons. The van der Waals surface area contributed by atoms with Crippen molar-refractivity contribution in [2.45, 2.75) is 25.9 Å². The Labute approximate surface area is 117 Å². The van der Waals surface area contributed by atoms with Crippen LogP contribution in [0.2, 0.25) is 0 Å². The number of carbonyl (C=O) groups excluding carboxylic acids is 1. The molecular weight excluding hydrogens is 262 g/mol. The number of hydrogen-bond donors (Lipinski definition) is 1. The molecule has 0 aromatic heterocycles. The molecule has 20 heavy (non-hydrogen) atoms. The minimum atomic E-state index is -1.03. The second-order valence-corrected chi connectivity index (χ2v) is 4.55. The first-order chi connectivity index (χ1) is 9.47. The zero-order valence-corrected chi connectivity index (χ0v) is 11.6. The van der Waals surface area contributed by atoms with Crippen molar-refractivity contribution in [3.63, 3.8) is 0 Å². The molecule has 6 nitrogen and oxygen atoms in total. The standard InChI is InChI=1S/C14H19NO5/c1-3-20-14(17)13(10(2)16)12(9-15(18)19)11-7-5-4-6-8-11/h4-8,10,12-13,16H,3,9H2,1-2H3/t10-,12?,13+/m0/s1. The average Bonchev–Trinajstić information content (AvgIpc) is 2.38. The lowest BCUT2D eigenvalue weighted by atomic mass is 9.83. The summed E-state index contributed by atoms with van der Waals surface area (Å²) in [5, 5.41) is 20.7. The minimum Gasteiger partial charge on any atom is -0.466 e. The van der Waals surface area contributed by atoms with Crippen molar-refractivity contribution in [3.05, 3.63) is 46.0 Å². The number of nitrogens with zero attached hydrogens (tertiary/aromatic N) is 1. The second-order valence-electron chi connectivity index (χ2n) is 4.55. The monoisotopic (exact) mass is 281 g/mol. The van der Waals surface area contributed by atoms with Crippen molar-refractivity contribution >= 4 is 5.97 Å². The van der Waals surface area contributed by atoms with Gasteiger partial charge in [0.1, 0.15) is 0 Å². The number of nitro groups is 1. The van der Waals surface area contributed by atoms with E-state index in [-0.39, 0.29) is 6.61 Å². The van der Waals surface area contributed by atoms with E-state index in [0.29, 0.717) is 5.56 Å². The van der Waals surface area contributed by atoms with Crippen LogP contribution in [-0.4, -0.2) is 35.3 Å². The topological polar surface area (TPSA) is 89.7 Å². The molecule has 1 N–H and O–H groups in total. The fraction of sp³-hybridized carbons (Fsp3) is 0.500. The van der Waals surface area contributed by atoms with Gasteiger partial charge in [-0.05, 0) is 19.4 Å². The minimum absolute atomic E-state index is 0.169. The number of ether oxygens (including phenoxy) is 1. The molecule has 0 amide bonds. The van der Waals surface area contributed by atoms with Crippen LogP contribution < -0.4 is 0 Å². The molecule has 6 heteroatoms. The average molecular weight is 281 g/mol. The van der Waals surface area contributed by atoms with E-state index in [1.165, 1.54) is 6.92 Å². The van der Waals surface area contributed by atoms with Crippen LogP contribution in [0.5, 0.6) is 0 Å². The van der Waals surface area contributed by atoms with Gasteiger partial charge in [0, 0.05) is 4.92 Å². The Hall–Kier alpha value is -1.95. The van der Waals surface area contributed by atoms with Crippen LogP contribution in [-0.2, 0) is 9.53 Å². The first kappa shape index (κ1) is 16.1. The Morgan fingerprint density at radius 2 is 2.00 bits per heavy atom. The van der Waals surface area contributed by atoms with Crippen molar-refractivity contribution < 1.29 is 19.6 Å². The zero-order chi connectivity index (χ0) is 15.1. The van der Waals surface area contributed by atoms with E-state index in [1.807, 2.05) is 0 Å². The van der Waals surface area contributed by atoms with Gasteiger partial charge in [0.25, 0.3) is 0 Å². The maximum Gasteiger partial charge on any atom is 0.312 e. The van der Waals surface area contributed by atoms with Crippen LogP contribution >= 0.6 is 0 Å². The molecular formula is C14H19NO5. The van der Waals surface area contributed by atoms with Gasteiger partial charge in [-0.2, -0.15) is 0 Å². The Kier molecular flexibility index (Phi) is 6.11. The molecule has 0 bridgehead atoms. The van der Waals surface area contributed by atoms with Gasteiger partial charge in [-0.15, -0.1) is 0 Å². The van der Waals surface area contributed by atoms with Crippen molar-refractivity contribution in [1.82, 2.24) is 0 Å². The van der Waals surface area contributed by atoms with Gasteiger partial charge in [-0.1, -0.05) is 30.3 Å². The SMILES string of the molecule is CCOC(=O)[C@@H](C(C[N+](=O)[O-])c1ccccc1)[C@H](C)O. The van der Waals surface area contributed by atoms with E-state index in [9.17, 15) is 20.0 Å². The third-order valence-corrected chi connectivity index (χ3v) is 3.09. The Morgan fingerprint density at radius 3 is 2.45 bits per heavy atom. The second kappa shape index (κ2) is 7.59. The van der Waals surface area contributed by atoms with Crippen LogP contribution in [0.1, 0.15) is 25.3 Å². The van der Waals surface area contributed by atoms with Crippen molar-refractivity contribution in [2.24, 2.45) is 5.92 Å². The van der Waals surface area contributed by atoms with Crippen LogP contribution in [0.4, 0.5) is 0 Å². The Balaban J connectivity index is 3.11. The third-order valence-electron chi connectivity index (χ3n) is 3.09. The molecule has 1 aromatic carbocycles. The summed E-state index contributed by atoms with van der Waals surface area (Å²) < 4.78 is 4.93. The maximum absolute atomic E-state index is 12.0. The Morgan fingerprint density at radius 1 is 1.40 bits per heavy atom. The molecule has 110 valence electrons. The maximum atomic E-state index is 12.0. The Bertz CT molecular complexity index is 446. The number of benzene rings is 1. The lowest BCUT2D eigenvalue weighted by molar-refractivity contribution is -0.485. The molecule has 1 aromatic rings. The highest BCUT2D eigenvalue weighted by atomic mass is 16.6. The molecule has 0 aliphatic heterocycles. The van der Waals surface area contributed by atoms with Gasteiger partial charge in [-0.3, -0.25) is 14.9 Å².